The molecule has 1 aliphatic rings. The first-order valence-electron chi connectivity index (χ1n) is 2.75. The van der Waals surface area contributed by atoms with Gasteiger partial charge in [0.15, 0.2) is 0 Å². The van der Waals surface area contributed by atoms with Crippen LogP contribution in [0.5, 0.6) is 0 Å². The van der Waals surface area contributed by atoms with Gasteiger partial charge >= 0.3 is 0 Å². The third-order valence-electron chi connectivity index (χ3n) is 1.42. The number of halogens is 1. The molecule has 1 amide bonds. The Bertz CT molecular complexity index is 132. The number of β-lactam (4-membered cyclic amide) rings is 1. The van der Waals surface area contributed by atoms with Gasteiger partial charge in [0.25, 0.3) is 0 Å². The van der Waals surface area contributed by atoms with Crippen molar-refractivity contribution in [3.8, 4) is 0 Å². The Morgan fingerprint density at radius 1 is 1.89 bits per heavy atom. The van der Waals surface area contributed by atoms with Crippen LogP contribution in [-0.4, -0.2) is 22.6 Å². The van der Waals surface area contributed by atoms with E-state index < -0.39 is 12.0 Å². The van der Waals surface area contributed by atoms with Crippen LogP contribution in [0.25, 0.3) is 0 Å². The summed E-state index contributed by atoms with van der Waals surface area (Å²) in [4.78, 5) is 10.5. The molecule has 0 radical (unpaired) electrons. The number of alkyl halides is 1. The summed E-state index contributed by atoms with van der Waals surface area (Å²) < 4.78 is 0. The highest BCUT2D eigenvalue weighted by atomic mass is 35.5. The lowest BCUT2D eigenvalue weighted by atomic mass is 9.96. The Morgan fingerprint density at radius 2 is 2.44 bits per heavy atom. The molecule has 3 nitrogen and oxygen atoms in total. The molecule has 0 bridgehead atoms. The van der Waals surface area contributed by atoms with Crippen LogP contribution in [0.2, 0.25) is 0 Å². The van der Waals surface area contributed by atoms with Crippen LogP contribution in [0.15, 0.2) is 0 Å². The fraction of sp³-hybridized carbons (Fsp3) is 0.800. The van der Waals surface area contributed by atoms with Crippen molar-refractivity contribution in [2.24, 2.45) is 5.92 Å². The van der Waals surface area contributed by atoms with Crippen LogP contribution in [0.4, 0.5) is 0 Å². The second-order valence-electron chi connectivity index (χ2n) is 2.18. The molecule has 3 atom stereocenters. The highest BCUT2D eigenvalue weighted by Gasteiger charge is 2.40. The van der Waals surface area contributed by atoms with Gasteiger partial charge in [-0.2, -0.15) is 0 Å². The quantitative estimate of drug-likeness (QED) is 0.305. The second kappa shape index (κ2) is 2.15. The minimum Gasteiger partial charge on any atom is -0.392 e. The number of aliphatic hydroxyl groups excluding tert-OH is 1. The van der Waals surface area contributed by atoms with Crippen molar-refractivity contribution in [3.05, 3.63) is 0 Å². The summed E-state index contributed by atoms with van der Waals surface area (Å²) in [6, 6.07) is 0. The van der Waals surface area contributed by atoms with E-state index in [9.17, 15) is 4.79 Å². The smallest absolute Gasteiger partial charge is 0.230 e. The molecule has 1 aliphatic heterocycles. The lowest BCUT2D eigenvalue weighted by Gasteiger charge is -2.33. The number of nitrogens with one attached hydrogen (secondary N) is 1. The molecule has 0 aromatic rings. The Labute approximate surface area is 58.0 Å². The molecule has 0 unspecified atom stereocenters. The highest BCUT2D eigenvalue weighted by molar-refractivity contribution is 6.25. The summed E-state index contributed by atoms with van der Waals surface area (Å²) in [7, 11) is 0. The van der Waals surface area contributed by atoms with Gasteiger partial charge in [-0.3, -0.25) is 4.79 Å². The monoisotopic (exact) mass is 149 g/mol. The summed E-state index contributed by atoms with van der Waals surface area (Å²) in [6.45, 7) is 1.55. The average Bonchev–Trinajstić information content (AvgIpc) is 1.62. The van der Waals surface area contributed by atoms with Gasteiger partial charge < -0.3 is 10.4 Å². The first-order valence-corrected chi connectivity index (χ1v) is 3.19. The van der Waals surface area contributed by atoms with Crippen molar-refractivity contribution >= 4 is 17.5 Å². The van der Waals surface area contributed by atoms with Crippen molar-refractivity contribution in [2.75, 3.05) is 0 Å². The highest BCUT2D eigenvalue weighted by Crippen LogP contribution is 2.21. The molecule has 2 N–H and O–H groups in total. The summed E-state index contributed by atoms with van der Waals surface area (Å²) in [5.41, 5.74) is -0.377. The maximum Gasteiger partial charge on any atom is 0.230 e. The van der Waals surface area contributed by atoms with Gasteiger partial charge in [-0.25, -0.2) is 0 Å². The van der Waals surface area contributed by atoms with Gasteiger partial charge in [0.2, 0.25) is 5.91 Å². The zero-order valence-corrected chi connectivity index (χ0v) is 5.72. The molecule has 0 aromatic heterocycles. The number of carbonyl (C=O) groups excluding carboxylic acids is 1. The largest absolute Gasteiger partial charge is 0.392 e. The van der Waals surface area contributed by atoms with Gasteiger partial charge in [-0.15, -0.1) is 0 Å². The van der Waals surface area contributed by atoms with Crippen LogP contribution < -0.4 is 5.32 Å². The van der Waals surface area contributed by atoms with Gasteiger partial charge in [0.05, 0.1) is 12.0 Å². The molecule has 4 heteroatoms. The normalized spacial score (nSPS) is 37.0. The third-order valence-corrected chi connectivity index (χ3v) is 1.80. The number of carbonyl (C=O) groups is 1. The minimum atomic E-state index is -0.638. The van der Waals surface area contributed by atoms with Crippen molar-refractivity contribution in [3.63, 3.8) is 0 Å². The molecular weight excluding hydrogens is 142 g/mol. The molecule has 1 heterocycles. The molecule has 0 saturated carbocycles. The first kappa shape index (κ1) is 6.83. The van der Waals surface area contributed by atoms with Crippen LogP contribution in [0, 0.1) is 5.92 Å². The molecule has 1 rings (SSSR count). The number of amides is 1. The Hall–Kier alpha value is -0.280. The fourth-order valence-corrected chi connectivity index (χ4v) is 1.25. The van der Waals surface area contributed by atoms with E-state index in [1.165, 1.54) is 0 Å². The summed E-state index contributed by atoms with van der Waals surface area (Å²) in [5.74, 6) is -0.573. The lowest BCUT2D eigenvalue weighted by Crippen LogP contribution is -2.59. The third kappa shape index (κ3) is 1.02. The van der Waals surface area contributed by atoms with E-state index in [4.69, 9.17) is 16.7 Å². The summed E-state index contributed by atoms with van der Waals surface area (Å²) >= 11 is 5.51. The van der Waals surface area contributed by atoms with Gasteiger partial charge in [-0.05, 0) is 6.92 Å². The van der Waals surface area contributed by atoms with Crippen LogP contribution in [-0.2, 0) is 4.79 Å². The molecule has 1 saturated heterocycles. The predicted molar refractivity (Wildman–Crippen MR) is 33.0 cm³/mol. The molecule has 0 aromatic carbocycles. The SMILES string of the molecule is C[C@@H](O)[C@H]1C(=O)N[C@H]1Cl. The minimum absolute atomic E-state index is 0.162. The van der Waals surface area contributed by atoms with Crippen LogP contribution in [0.3, 0.4) is 0 Å². The Morgan fingerprint density at radius 3 is 2.56 bits per heavy atom. The topological polar surface area (TPSA) is 49.3 Å². The maximum atomic E-state index is 10.5. The van der Waals surface area contributed by atoms with E-state index in [1.807, 2.05) is 0 Å². The lowest BCUT2D eigenvalue weighted by molar-refractivity contribution is -0.137. The molecule has 0 spiro atoms. The van der Waals surface area contributed by atoms with Gasteiger partial charge in [-0.1, -0.05) is 11.6 Å². The standard InChI is InChI=1S/C5H8ClNO2/c1-2(8)3-4(6)7-5(3)9/h2-4,8H,1H3,(H,7,9)/t2-,3-,4-/m1/s1. The van der Waals surface area contributed by atoms with E-state index in [0.717, 1.165) is 0 Å². The number of rotatable bonds is 1. The van der Waals surface area contributed by atoms with Crippen molar-refractivity contribution in [1.29, 1.82) is 0 Å². The van der Waals surface area contributed by atoms with Gasteiger partial charge in [0, 0.05) is 0 Å². The Kier molecular flexibility index (Phi) is 1.64. The van der Waals surface area contributed by atoms with E-state index in [0.29, 0.717) is 0 Å². The molecule has 0 aliphatic carbocycles. The molecule has 1 fully saturated rings. The zero-order chi connectivity index (χ0) is 7.02. The van der Waals surface area contributed by atoms with Crippen LogP contribution in [0.1, 0.15) is 6.92 Å². The number of hydrogen-bond donors (Lipinski definition) is 2. The average molecular weight is 150 g/mol. The summed E-state index contributed by atoms with van der Waals surface area (Å²) in [5, 5.41) is 11.3. The van der Waals surface area contributed by atoms with E-state index >= 15 is 0 Å². The maximum absolute atomic E-state index is 10.5. The first-order chi connectivity index (χ1) is 4.13. The second-order valence-corrected chi connectivity index (χ2v) is 2.65. The summed E-state index contributed by atoms with van der Waals surface area (Å²) in [6.07, 6.45) is -0.638. The van der Waals surface area contributed by atoms with Crippen molar-refractivity contribution in [2.45, 2.75) is 18.5 Å². The van der Waals surface area contributed by atoms with E-state index in [1.54, 1.807) is 6.92 Å². The molecule has 9 heavy (non-hydrogen) atoms. The van der Waals surface area contributed by atoms with E-state index in [2.05, 4.69) is 5.32 Å². The Balaban J connectivity index is 2.49. The van der Waals surface area contributed by atoms with Gasteiger partial charge in [0.1, 0.15) is 5.50 Å². The van der Waals surface area contributed by atoms with Crippen molar-refractivity contribution < 1.29 is 9.90 Å². The van der Waals surface area contributed by atoms with E-state index in [-0.39, 0.29) is 11.4 Å². The number of aliphatic hydroxyl groups is 1. The molecular formula is C5H8ClNO2. The van der Waals surface area contributed by atoms with Crippen LogP contribution >= 0.6 is 11.6 Å². The molecule has 52 valence electrons. The number of hydrogen-bond acceptors (Lipinski definition) is 2. The zero-order valence-electron chi connectivity index (χ0n) is 4.97. The fourth-order valence-electron chi connectivity index (χ4n) is 0.822. The van der Waals surface area contributed by atoms with Crippen molar-refractivity contribution in [1.82, 2.24) is 5.32 Å². The predicted octanol–water partition coefficient (Wildman–Crippen LogP) is -0.322.